The average molecular weight is 304 g/mol. The fourth-order valence-corrected chi connectivity index (χ4v) is 4.52. The van der Waals surface area contributed by atoms with Gasteiger partial charge in [-0.2, -0.15) is 4.98 Å². The molecule has 2 aromatic rings. The summed E-state index contributed by atoms with van der Waals surface area (Å²) >= 11 is 1.73. The first kappa shape index (κ1) is 13.3. The molecule has 0 aromatic carbocycles. The van der Waals surface area contributed by atoms with Gasteiger partial charge in [-0.3, -0.25) is 0 Å². The predicted molar refractivity (Wildman–Crippen MR) is 85.9 cm³/mol. The lowest BCUT2D eigenvalue weighted by atomic mass is 10.1. The summed E-state index contributed by atoms with van der Waals surface area (Å²) < 4.78 is 5.91. The average Bonchev–Trinajstić information content (AvgIpc) is 3.11. The molecule has 2 aromatic heterocycles. The third kappa shape index (κ3) is 2.17. The Morgan fingerprint density at radius 1 is 1.43 bits per heavy atom. The molecule has 4 rings (SSSR count). The van der Waals surface area contributed by atoms with Crippen molar-refractivity contribution in [2.75, 3.05) is 23.8 Å². The van der Waals surface area contributed by atoms with Crippen LogP contribution in [0.4, 0.5) is 11.8 Å². The van der Waals surface area contributed by atoms with E-state index in [0.717, 1.165) is 42.0 Å². The lowest BCUT2D eigenvalue weighted by Gasteiger charge is -2.38. The minimum atomic E-state index is 0.356. The first-order valence-electron chi connectivity index (χ1n) is 7.70. The van der Waals surface area contributed by atoms with Crippen LogP contribution in [0.15, 0.2) is 6.07 Å². The highest BCUT2D eigenvalue weighted by Gasteiger charge is 2.37. The van der Waals surface area contributed by atoms with Gasteiger partial charge in [0.15, 0.2) is 0 Å². The highest BCUT2D eigenvalue weighted by molar-refractivity contribution is 7.18. The molecule has 2 atom stereocenters. The maximum Gasteiger partial charge on any atom is 0.223 e. The monoisotopic (exact) mass is 304 g/mol. The SMILES string of the molecule is CCc1cc2c(N3CCOC4CCCC43)nc(N)nc2s1. The van der Waals surface area contributed by atoms with E-state index in [1.807, 2.05) is 0 Å². The summed E-state index contributed by atoms with van der Waals surface area (Å²) in [5.41, 5.74) is 5.95. The van der Waals surface area contributed by atoms with Crippen LogP contribution in [0.2, 0.25) is 0 Å². The number of hydrogen-bond acceptors (Lipinski definition) is 6. The second-order valence-electron chi connectivity index (χ2n) is 5.79. The number of morpholine rings is 1. The molecule has 5 nitrogen and oxygen atoms in total. The Labute approximate surface area is 128 Å². The molecule has 112 valence electrons. The van der Waals surface area contributed by atoms with E-state index in [0.29, 0.717) is 18.1 Å². The Bertz CT molecular complexity index is 671. The topological polar surface area (TPSA) is 64.3 Å². The maximum absolute atomic E-state index is 5.95. The van der Waals surface area contributed by atoms with E-state index >= 15 is 0 Å². The van der Waals surface area contributed by atoms with Crippen LogP contribution >= 0.6 is 11.3 Å². The third-order valence-electron chi connectivity index (χ3n) is 4.54. The zero-order valence-electron chi connectivity index (χ0n) is 12.2. The third-order valence-corrected chi connectivity index (χ3v) is 5.72. The number of aromatic nitrogens is 2. The van der Waals surface area contributed by atoms with Crippen LogP contribution in [0, 0.1) is 0 Å². The zero-order valence-corrected chi connectivity index (χ0v) is 13.0. The number of nitrogen functional groups attached to an aromatic ring is 1. The van der Waals surface area contributed by atoms with Crippen molar-refractivity contribution in [1.29, 1.82) is 0 Å². The Morgan fingerprint density at radius 3 is 3.19 bits per heavy atom. The molecule has 0 radical (unpaired) electrons. The minimum absolute atomic E-state index is 0.356. The Balaban J connectivity index is 1.82. The molecular weight excluding hydrogens is 284 g/mol. The molecule has 1 saturated heterocycles. The van der Waals surface area contributed by atoms with Gasteiger partial charge in [-0.05, 0) is 31.7 Å². The van der Waals surface area contributed by atoms with Crippen LogP contribution in [0.3, 0.4) is 0 Å². The van der Waals surface area contributed by atoms with Crippen LogP contribution in [0.25, 0.3) is 10.2 Å². The first-order chi connectivity index (χ1) is 10.3. The molecular formula is C15H20N4OS. The van der Waals surface area contributed by atoms with E-state index in [2.05, 4.69) is 27.9 Å². The van der Waals surface area contributed by atoms with E-state index in [4.69, 9.17) is 10.5 Å². The Morgan fingerprint density at radius 2 is 2.33 bits per heavy atom. The predicted octanol–water partition coefficient (Wildman–Crippen LogP) is 2.59. The number of anilines is 2. The quantitative estimate of drug-likeness (QED) is 0.924. The van der Waals surface area contributed by atoms with Crippen molar-refractivity contribution in [3.8, 4) is 0 Å². The second-order valence-corrected chi connectivity index (χ2v) is 6.91. The van der Waals surface area contributed by atoms with Crippen LogP contribution < -0.4 is 10.6 Å². The number of ether oxygens (including phenoxy) is 1. The standard InChI is InChI=1S/C15H20N4OS/c1-2-9-8-10-13(17-15(16)18-14(10)21-9)19-6-7-20-12-5-3-4-11(12)19/h8,11-12H,2-7H2,1H3,(H2,16,17,18). The van der Waals surface area contributed by atoms with Crippen molar-refractivity contribution in [2.24, 2.45) is 0 Å². The molecule has 2 aliphatic rings. The molecule has 1 aliphatic heterocycles. The molecule has 1 saturated carbocycles. The Hall–Kier alpha value is -1.40. The van der Waals surface area contributed by atoms with E-state index < -0.39 is 0 Å². The molecule has 2 unspecified atom stereocenters. The van der Waals surface area contributed by atoms with E-state index in [-0.39, 0.29) is 0 Å². The molecule has 2 N–H and O–H groups in total. The van der Waals surface area contributed by atoms with Crippen LogP contribution in [0.1, 0.15) is 31.1 Å². The molecule has 6 heteroatoms. The van der Waals surface area contributed by atoms with Crippen molar-refractivity contribution in [1.82, 2.24) is 9.97 Å². The lowest BCUT2D eigenvalue weighted by Crippen LogP contribution is -2.49. The van der Waals surface area contributed by atoms with Crippen LogP contribution in [-0.2, 0) is 11.2 Å². The summed E-state index contributed by atoms with van der Waals surface area (Å²) in [6.07, 6.45) is 4.96. The van der Waals surface area contributed by atoms with Gasteiger partial charge < -0.3 is 15.4 Å². The molecule has 3 heterocycles. The van der Waals surface area contributed by atoms with Crippen LogP contribution in [-0.4, -0.2) is 35.3 Å². The molecule has 0 spiro atoms. The van der Waals surface area contributed by atoms with Crippen molar-refractivity contribution >= 4 is 33.3 Å². The normalized spacial score (nSPS) is 25.5. The van der Waals surface area contributed by atoms with E-state index in [9.17, 15) is 0 Å². The molecule has 1 aliphatic carbocycles. The largest absolute Gasteiger partial charge is 0.374 e. The van der Waals surface area contributed by atoms with Crippen molar-refractivity contribution in [2.45, 2.75) is 44.8 Å². The van der Waals surface area contributed by atoms with E-state index in [1.165, 1.54) is 17.7 Å². The van der Waals surface area contributed by atoms with Gasteiger partial charge >= 0.3 is 0 Å². The Kier molecular flexibility index (Phi) is 3.23. The van der Waals surface area contributed by atoms with Gasteiger partial charge in [-0.15, -0.1) is 11.3 Å². The fourth-order valence-electron chi connectivity index (χ4n) is 3.55. The van der Waals surface area contributed by atoms with Gasteiger partial charge in [-0.25, -0.2) is 4.98 Å². The fraction of sp³-hybridized carbons (Fsp3) is 0.600. The summed E-state index contributed by atoms with van der Waals surface area (Å²) in [5, 5.41) is 1.15. The van der Waals surface area contributed by atoms with Gasteiger partial charge in [0.25, 0.3) is 0 Å². The van der Waals surface area contributed by atoms with Gasteiger partial charge in [0, 0.05) is 11.4 Å². The highest BCUT2D eigenvalue weighted by atomic mass is 32.1. The number of thiophene rings is 1. The first-order valence-corrected chi connectivity index (χ1v) is 8.52. The lowest BCUT2D eigenvalue weighted by molar-refractivity contribution is 0.0254. The number of rotatable bonds is 2. The summed E-state index contributed by atoms with van der Waals surface area (Å²) in [7, 11) is 0. The second kappa shape index (κ2) is 5.10. The van der Waals surface area contributed by atoms with E-state index in [1.54, 1.807) is 11.3 Å². The van der Waals surface area contributed by atoms with Crippen LogP contribution in [0.5, 0.6) is 0 Å². The van der Waals surface area contributed by atoms with Gasteiger partial charge in [0.05, 0.1) is 24.1 Å². The number of fused-ring (bicyclic) bond motifs is 2. The summed E-state index contributed by atoms with van der Waals surface area (Å²) in [5.74, 6) is 1.39. The molecule has 21 heavy (non-hydrogen) atoms. The summed E-state index contributed by atoms with van der Waals surface area (Å²) in [4.78, 5) is 13.7. The highest BCUT2D eigenvalue weighted by Crippen LogP contribution is 2.37. The van der Waals surface area contributed by atoms with Crippen molar-refractivity contribution in [3.63, 3.8) is 0 Å². The van der Waals surface area contributed by atoms with Crippen molar-refractivity contribution in [3.05, 3.63) is 10.9 Å². The zero-order chi connectivity index (χ0) is 14.4. The molecule has 0 bridgehead atoms. The van der Waals surface area contributed by atoms with Gasteiger partial charge in [0.2, 0.25) is 5.95 Å². The number of aryl methyl sites for hydroxylation is 1. The summed E-state index contributed by atoms with van der Waals surface area (Å²) in [6, 6.07) is 2.68. The minimum Gasteiger partial charge on any atom is -0.374 e. The van der Waals surface area contributed by atoms with Gasteiger partial charge in [-0.1, -0.05) is 6.92 Å². The number of hydrogen-bond donors (Lipinski definition) is 1. The maximum atomic E-state index is 5.95. The van der Waals surface area contributed by atoms with Gasteiger partial charge in [0.1, 0.15) is 10.6 Å². The smallest absolute Gasteiger partial charge is 0.223 e. The summed E-state index contributed by atoms with van der Waals surface area (Å²) in [6.45, 7) is 3.84. The molecule has 2 fully saturated rings. The number of nitrogens with zero attached hydrogens (tertiary/aromatic N) is 3. The molecule has 0 amide bonds. The van der Waals surface area contributed by atoms with Crippen molar-refractivity contribution < 1.29 is 4.74 Å². The number of nitrogens with two attached hydrogens (primary N) is 1.